The van der Waals surface area contributed by atoms with Crippen LogP contribution in [0.15, 0.2) is 47.8 Å². The molecular weight excluding hydrogens is 322 g/mol. The summed E-state index contributed by atoms with van der Waals surface area (Å²) >= 11 is 5.18. The molecule has 0 saturated carbocycles. The number of hydrogen-bond donors (Lipinski definition) is 2. The fraction of sp³-hybridized carbons (Fsp3) is 0.353. The van der Waals surface area contributed by atoms with Gasteiger partial charge in [0.2, 0.25) is 0 Å². The van der Waals surface area contributed by atoms with Crippen molar-refractivity contribution in [2.45, 2.75) is 25.5 Å². The molecule has 0 amide bonds. The molecule has 126 valence electrons. The Hall–Kier alpha value is -2.25. The second kappa shape index (κ2) is 8.56. The maximum atomic E-state index is 5.53. The molecule has 1 aliphatic rings. The van der Waals surface area contributed by atoms with Crippen LogP contribution in [-0.4, -0.2) is 40.4 Å². The number of ether oxygens (including phenoxy) is 1. The number of hydrazone groups is 1. The van der Waals surface area contributed by atoms with Crippen LogP contribution in [0.25, 0.3) is 0 Å². The number of rotatable bonds is 6. The molecule has 0 unspecified atom stereocenters. The molecule has 2 aromatic rings. The van der Waals surface area contributed by atoms with E-state index in [0.29, 0.717) is 5.11 Å². The van der Waals surface area contributed by atoms with Gasteiger partial charge in [-0.05, 0) is 30.6 Å². The minimum Gasteiger partial charge on any atom is -0.376 e. The molecule has 0 spiro atoms. The largest absolute Gasteiger partial charge is 0.376 e. The van der Waals surface area contributed by atoms with E-state index in [-0.39, 0.29) is 6.10 Å². The number of nitrogens with zero attached hydrogens (tertiary/aromatic N) is 3. The summed E-state index contributed by atoms with van der Waals surface area (Å²) < 4.78 is 7.41. The summed E-state index contributed by atoms with van der Waals surface area (Å²) in [6, 6.07) is 10.2. The molecule has 3 rings (SSSR count). The first-order chi connectivity index (χ1) is 11.8. The molecule has 1 aromatic heterocycles. The predicted octanol–water partition coefficient (Wildman–Crippen LogP) is 1.91. The average molecular weight is 343 g/mol. The van der Waals surface area contributed by atoms with Crippen LogP contribution >= 0.6 is 12.2 Å². The number of thiocarbonyl (C=S) groups is 1. The minimum absolute atomic E-state index is 0.255. The Morgan fingerprint density at radius 2 is 2.29 bits per heavy atom. The van der Waals surface area contributed by atoms with Gasteiger partial charge in [0.1, 0.15) is 0 Å². The fourth-order valence-electron chi connectivity index (χ4n) is 2.52. The van der Waals surface area contributed by atoms with Crippen molar-refractivity contribution in [3.63, 3.8) is 0 Å². The smallest absolute Gasteiger partial charge is 0.187 e. The average Bonchev–Trinajstić information content (AvgIpc) is 3.26. The van der Waals surface area contributed by atoms with E-state index in [9.17, 15) is 0 Å². The zero-order valence-corrected chi connectivity index (χ0v) is 14.2. The Morgan fingerprint density at radius 3 is 3.08 bits per heavy atom. The number of hydrogen-bond acceptors (Lipinski definition) is 4. The maximum Gasteiger partial charge on any atom is 0.187 e. The molecule has 1 aliphatic heterocycles. The lowest BCUT2D eigenvalue weighted by Gasteiger charge is -2.11. The van der Waals surface area contributed by atoms with Gasteiger partial charge in [-0.25, -0.2) is 0 Å². The summed E-state index contributed by atoms with van der Waals surface area (Å²) in [5.74, 6) is 0. The third-order valence-electron chi connectivity index (χ3n) is 3.73. The summed E-state index contributed by atoms with van der Waals surface area (Å²) in [5, 5.41) is 12.1. The van der Waals surface area contributed by atoms with Gasteiger partial charge >= 0.3 is 0 Å². The van der Waals surface area contributed by atoms with E-state index >= 15 is 0 Å². The Morgan fingerprint density at radius 1 is 1.42 bits per heavy atom. The van der Waals surface area contributed by atoms with Crippen molar-refractivity contribution >= 4 is 23.5 Å². The lowest BCUT2D eigenvalue weighted by molar-refractivity contribution is 0.114. The van der Waals surface area contributed by atoms with Crippen LogP contribution in [0.5, 0.6) is 0 Å². The summed E-state index contributed by atoms with van der Waals surface area (Å²) in [6.45, 7) is 2.30. The van der Waals surface area contributed by atoms with Crippen molar-refractivity contribution in [3.05, 3.63) is 53.9 Å². The van der Waals surface area contributed by atoms with Crippen molar-refractivity contribution in [3.8, 4) is 0 Å². The molecule has 0 radical (unpaired) electrons. The molecular formula is C17H21N5OS. The molecule has 2 heterocycles. The first kappa shape index (κ1) is 16.6. The Kier molecular flexibility index (Phi) is 5.92. The molecule has 1 atom stereocenters. The quantitative estimate of drug-likeness (QED) is 0.477. The zero-order chi connectivity index (χ0) is 16.6. The van der Waals surface area contributed by atoms with Crippen molar-refractivity contribution in [2.24, 2.45) is 5.10 Å². The van der Waals surface area contributed by atoms with Gasteiger partial charge in [0.15, 0.2) is 5.11 Å². The van der Waals surface area contributed by atoms with E-state index in [2.05, 4.69) is 33.1 Å². The lowest BCUT2D eigenvalue weighted by atomic mass is 10.2. The highest BCUT2D eigenvalue weighted by Crippen LogP contribution is 2.10. The molecule has 0 bridgehead atoms. The standard InChI is InChI=1S/C17H21N5OS/c24-17(18-11-16-7-4-8-23-16)21-19-9-15-10-20-22(13-15)12-14-5-2-1-3-6-14/h1-3,5-6,9-10,13,16H,4,7-8,11-12H2,(H2,18,21,24)/b19-9-/t16-/m1/s1. The third-order valence-corrected chi connectivity index (χ3v) is 3.97. The van der Waals surface area contributed by atoms with Gasteiger partial charge in [-0.2, -0.15) is 10.2 Å². The Bertz CT molecular complexity index is 679. The van der Waals surface area contributed by atoms with Crippen LogP contribution in [0.4, 0.5) is 0 Å². The predicted molar refractivity (Wildman–Crippen MR) is 98.1 cm³/mol. The Balaban J connectivity index is 1.42. The van der Waals surface area contributed by atoms with E-state index < -0.39 is 0 Å². The highest BCUT2D eigenvalue weighted by molar-refractivity contribution is 7.80. The van der Waals surface area contributed by atoms with Gasteiger partial charge in [0.05, 0.1) is 25.1 Å². The van der Waals surface area contributed by atoms with E-state index in [1.165, 1.54) is 5.56 Å². The fourth-order valence-corrected chi connectivity index (χ4v) is 2.66. The van der Waals surface area contributed by atoms with Gasteiger partial charge < -0.3 is 10.1 Å². The molecule has 7 heteroatoms. The van der Waals surface area contributed by atoms with Gasteiger partial charge in [0.25, 0.3) is 0 Å². The molecule has 24 heavy (non-hydrogen) atoms. The maximum absolute atomic E-state index is 5.53. The molecule has 6 nitrogen and oxygen atoms in total. The van der Waals surface area contributed by atoms with Crippen LogP contribution in [0.2, 0.25) is 0 Å². The van der Waals surface area contributed by atoms with E-state index in [1.54, 1.807) is 12.4 Å². The van der Waals surface area contributed by atoms with Crippen molar-refractivity contribution in [2.75, 3.05) is 13.2 Å². The SMILES string of the molecule is S=C(NC[C@H]1CCCO1)N/N=C\c1cnn(Cc2ccccc2)c1. The second-order valence-corrected chi connectivity index (χ2v) is 6.08. The van der Waals surface area contributed by atoms with Crippen molar-refractivity contribution in [1.29, 1.82) is 0 Å². The van der Waals surface area contributed by atoms with E-state index in [4.69, 9.17) is 17.0 Å². The molecule has 2 N–H and O–H groups in total. The normalized spacial score (nSPS) is 17.2. The van der Waals surface area contributed by atoms with Crippen molar-refractivity contribution in [1.82, 2.24) is 20.5 Å². The topological polar surface area (TPSA) is 63.5 Å². The van der Waals surface area contributed by atoms with Gasteiger partial charge in [0, 0.05) is 24.9 Å². The van der Waals surface area contributed by atoms with Gasteiger partial charge in [-0.1, -0.05) is 30.3 Å². The molecule has 0 aliphatic carbocycles. The van der Waals surface area contributed by atoms with Crippen LogP contribution < -0.4 is 10.7 Å². The van der Waals surface area contributed by atoms with Gasteiger partial charge in [-0.15, -0.1) is 0 Å². The lowest BCUT2D eigenvalue weighted by Crippen LogP contribution is -2.37. The van der Waals surface area contributed by atoms with Crippen LogP contribution in [0.3, 0.4) is 0 Å². The van der Waals surface area contributed by atoms with Crippen LogP contribution in [0.1, 0.15) is 24.0 Å². The first-order valence-corrected chi connectivity index (χ1v) is 8.45. The monoisotopic (exact) mass is 343 g/mol. The molecule has 1 fully saturated rings. The zero-order valence-electron chi connectivity index (χ0n) is 13.4. The summed E-state index contributed by atoms with van der Waals surface area (Å²) in [6.07, 6.45) is 7.88. The van der Waals surface area contributed by atoms with Crippen molar-refractivity contribution < 1.29 is 4.74 Å². The van der Waals surface area contributed by atoms with E-state index in [0.717, 1.165) is 38.1 Å². The number of benzene rings is 1. The van der Waals surface area contributed by atoms with Gasteiger partial charge in [-0.3, -0.25) is 10.1 Å². The summed E-state index contributed by atoms with van der Waals surface area (Å²) in [4.78, 5) is 0. The number of nitrogens with one attached hydrogen (secondary N) is 2. The summed E-state index contributed by atoms with van der Waals surface area (Å²) in [5.41, 5.74) is 4.94. The van der Waals surface area contributed by atoms with Crippen LogP contribution in [0, 0.1) is 0 Å². The highest BCUT2D eigenvalue weighted by Gasteiger charge is 2.14. The molecule has 1 saturated heterocycles. The second-order valence-electron chi connectivity index (χ2n) is 5.67. The Labute approximate surface area is 146 Å². The summed E-state index contributed by atoms with van der Waals surface area (Å²) in [7, 11) is 0. The minimum atomic E-state index is 0.255. The number of aromatic nitrogens is 2. The van der Waals surface area contributed by atoms with Crippen LogP contribution in [-0.2, 0) is 11.3 Å². The van der Waals surface area contributed by atoms with E-state index in [1.807, 2.05) is 29.1 Å². The highest BCUT2D eigenvalue weighted by atomic mass is 32.1. The first-order valence-electron chi connectivity index (χ1n) is 8.04. The third kappa shape index (κ3) is 5.14. The molecule has 1 aromatic carbocycles.